The van der Waals surface area contributed by atoms with Crippen LogP contribution in [0.1, 0.15) is 63.1 Å². The number of carbonyl (C=O) groups excluding carboxylic acids is 2. The van der Waals surface area contributed by atoms with Gasteiger partial charge >= 0.3 is 6.09 Å². The summed E-state index contributed by atoms with van der Waals surface area (Å²) in [5, 5.41) is 0. The first-order chi connectivity index (χ1) is 20.0. The minimum atomic E-state index is -0.607. The Morgan fingerprint density at radius 1 is 1.10 bits per heavy atom. The maximum atomic E-state index is 13.9. The number of rotatable bonds is 9. The van der Waals surface area contributed by atoms with E-state index in [-0.39, 0.29) is 42.5 Å². The van der Waals surface area contributed by atoms with Crippen molar-refractivity contribution in [1.82, 2.24) is 9.80 Å². The van der Waals surface area contributed by atoms with Crippen LogP contribution in [0.4, 0.5) is 9.18 Å². The van der Waals surface area contributed by atoms with Crippen molar-refractivity contribution in [2.75, 3.05) is 33.4 Å². The van der Waals surface area contributed by atoms with E-state index >= 15 is 0 Å². The summed E-state index contributed by atoms with van der Waals surface area (Å²) in [6, 6.07) is 12.5. The number of morpholine rings is 1. The van der Waals surface area contributed by atoms with Gasteiger partial charge in [-0.25, -0.2) is 9.18 Å². The van der Waals surface area contributed by atoms with Crippen LogP contribution in [-0.2, 0) is 32.2 Å². The molecule has 8 nitrogen and oxygen atoms in total. The summed E-state index contributed by atoms with van der Waals surface area (Å²) >= 11 is 0. The van der Waals surface area contributed by atoms with Crippen LogP contribution in [0.25, 0.3) is 0 Å². The van der Waals surface area contributed by atoms with Gasteiger partial charge in [0.1, 0.15) is 17.2 Å². The third kappa shape index (κ3) is 8.67. The topological polar surface area (TPSA) is 77.5 Å². The molecule has 2 aromatic rings. The summed E-state index contributed by atoms with van der Waals surface area (Å²) in [6.07, 6.45) is 2.28. The lowest BCUT2D eigenvalue weighted by Gasteiger charge is -2.40. The molecule has 230 valence electrons. The summed E-state index contributed by atoms with van der Waals surface area (Å²) in [6.45, 7) is 9.94. The number of amides is 2. The third-order valence-electron chi connectivity index (χ3n) is 7.90. The van der Waals surface area contributed by atoms with Gasteiger partial charge in [0.2, 0.25) is 5.91 Å². The molecule has 9 heteroatoms. The van der Waals surface area contributed by atoms with Crippen molar-refractivity contribution in [2.45, 2.75) is 84.3 Å². The fourth-order valence-corrected chi connectivity index (χ4v) is 5.73. The summed E-state index contributed by atoms with van der Waals surface area (Å²) in [4.78, 5) is 30.5. The lowest BCUT2D eigenvalue weighted by Crippen LogP contribution is -2.50. The number of methoxy groups -OCH3 is 1. The molecule has 1 saturated carbocycles. The van der Waals surface area contributed by atoms with Crippen LogP contribution in [0.3, 0.4) is 0 Å². The minimum absolute atomic E-state index is 0.0180. The Labute approximate surface area is 249 Å². The molecular formula is C33H45FN2O6. The Balaban J connectivity index is 1.32. The van der Waals surface area contributed by atoms with Crippen molar-refractivity contribution < 1.29 is 32.9 Å². The van der Waals surface area contributed by atoms with Crippen molar-refractivity contribution in [3.8, 4) is 5.75 Å². The van der Waals surface area contributed by atoms with E-state index in [1.807, 2.05) is 55.7 Å². The number of nitrogens with zero attached hydrogens (tertiary/aromatic N) is 2. The first-order valence-corrected chi connectivity index (χ1v) is 14.9. The van der Waals surface area contributed by atoms with Gasteiger partial charge in [0, 0.05) is 37.2 Å². The van der Waals surface area contributed by atoms with E-state index in [1.54, 1.807) is 25.3 Å². The average molecular weight is 585 g/mol. The lowest BCUT2D eigenvalue weighted by atomic mass is 9.84. The minimum Gasteiger partial charge on any atom is -0.496 e. The quantitative estimate of drug-likeness (QED) is 0.366. The Bertz CT molecular complexity index is 1210. The molecule has 42 heavy (non-hydrogen) atoms. The monoisotopic (exact) mass is 584 g/mol. The van der Waals surface area contributed by atoms with Gasteiger partial charge in [-0.05, 0) is 76.6 Å². The van der Waals surface area contributed by atoms with Crippen LogP contribution >= 0.6 is 0 Å². The van der Waals surface area contributed by atoms with Crippen molar-refractivity contribution in [3.63, 3.8) is 0 Å². The SMILES string of the molecule is COc1ccc(CN(C(=O)OC(C)(C)C)C2CCC(C(=O)N3CCOC(COCc4ccccc4F)C3)CC2)cc1C. The molecule has 0 bridgehead atoms. The maximum absolute atomic E-state index is 13.9. The maximum Gasteiger partial charge on any atom is 0.410 e. The van der Waals surface area contributed by atoms with E-state index in [2.05, 4.69) is 0 Å². The molecule has 1 atom stereocenters. The van der Waals surface area contributed by atoms with E-state index in [1.165, 1.54) is 6.07 Å². The Morgan fingerprint density at radius 2 is 1.83 bits per heavy atom. The van der Waals surface area contributed by atoms with Crippen LogP contribution in [0.5, 0.6) is 5.75 Å². The standard InChI is InChI=1S/C33H45FN2O6/c1-23-18-24(10-15-30(23)39-5)19-36(32(38)42-33(2,3)4)27-13-11-25(12-14-27)31(37)35-16-17-41-28(20-35)22-40-21-26-8-6-7-9-29(26)34/h6-10,15,18,25,27-28H,11-14,16-17,19-22H2,1-5H3. The molecule has 0 radical (unpaired) electrons. The highest BCUT2D eigenvalue weighted by atomic mass is 19.1. The number of aryl methyl sites for hydroxylation is 1. The van der Waals surface area contributed by atoms with Gasteiger partial charge in [-0.15, -0.1) is 0 Å². The lowest BCUT2D eigenvalue weighted by molar-refractivity contribution is -0.147. The highest BCUT2D eigenvalue weighted by molar-refractivity contribution is 5.79. The van der Waals surface area contributed by atoms with E-state index < -0.39 is 5.60 Å². The second kappa shape index (κ2) is 14.3. The Hall–Kier alpha value is -3.17. The number of hydrogen-bond acceptors (Lipinski definition) is 6. The number of hydrogen-bond donors (Lipinski definition) is 0. The second-order valence-corrected chi connectivity index (χ2v) is 12.3. The van der Waals surface area contributed by atoms with Crippen molar-refractivity contribution in [3.05, 3.63) is 65.0 Å². The first-order valence-electron chi connectivity index (χ1n) is 14.9. The smallest absolute Gasteiger partial charge is 0.410 e. The van der Waals surface area contributed by atoms with Gasteiger partial charge in [-0.2, -0.15) is 0 Å². The largest absolute Gasteiger partial charge is 0.496 e. The normalized spacial score (nSPS) is 21.1. The molecule has 1 saturated heterocycles. The van der Waals surface area contributed by atoms with Crippen LogP contribution in [0, 0.1) is 18.7 Å². The van der Waals surface area contributed by atoms with Gasteiger partial charge < -0.3 is 28.7 Å². The molecule has 0 aromatic heterocycles. The Morgan fingerprint density at radius 3 is 2.50 bits per heavy atom. The number of benzene rings is 2. The predicted octanol–water partition coefficient (Wildman–Crippen LogP) is 5.88. The van der Waals surface area contributed by atoms with Gasteiger partial charge in [-0.3, -0.25) is 4.79 Å². The summed E-state index contributed by atoms with van der Waals surface area (Å²) < 4.78 is 36.6. The summed E-state index contributed by atoms with van der Waals surface area (Å²) in [7, 11) is 1.65. The van der Waals surface area contributed by atoms with E-state index in [4.69, 9.17) is 18.9 Å². The first kappa shape index (κ1) is 31.8. The number of ether oxygens (including phenoxy) is 4. The molecule has 1 heterocycles. The van der Waals surface area contributed by atoms with Crippen LogP contribution in [0.15, 0.2) is 42.5 Å². The van der Waals surface area contributed by atoms with Gasteiger partial charge in [0.05, 0.1) is 33.0 Å². The van der Waals surface area contributed by atoms with Crippen LogP contribution in [0.2, 0.25) is 0 Å². The highest BCUT2D eigenvalue weighted by Crippen LogP contribution is 2.32. The molecule has 2 aliphatic rings. The molecule has 4 rings (SSSR count). The highest BCUT2D eigenvalue weighted by Gasteiger charge is 2.36. The van der Waals surface area contributed by atoms with Crippen LogP contribution < -0.4 is 4.74 Å². The number of halogens is 1. The zero-order chi connectivity index (χ0) is 30.3. The zero-order valence-electron chi connectivity index (χ0n) is 25.6. The second-order valence-electron chi connectivity index (χ2n) is 12.3. The summed E-state index contributed by atoms with van der Waals surface area (Å²) in [5.74, 6) is 0.552. The van der Waals surface area contributed by atoms with Crippen molar-refractivity contribution in [2.24, 2.45) is 5.92 Å². The van der Waals surface area contributed by atoms with Crippen LogP contribution in [-0.4, -0.2) is 73.0 Å². The third-order valence-corrected chi connectivity index (χ3v) is 7.90. The predicted molar refractivity (Wildman–Crippen MR) is 158 cm³/mol. The fourth-order valence-electron chi connectivity index (χ4n) is 5.73. The van der Waals surface area contributed by atoms with Crippen molar-refractivity contribution in [1.29, 1.82) is 0 Å². The zero-order valence-corrected chi connectivity index (χ0v) is 25.6. The molecule has 0 spiro atoms. The molecular weight excluding hydrogens is 539 g/mol. The molecule has 2 aromatic carbocycles. The Kier molecular flexibility index (Phi) is 10.8. The number of carbonyl (C=O) groups is 2. The fraction of sp³-hybridized carbons (Fsp3) is 0.576. The van der Waals surface area contributed by atoms with Gasteiger partial charge in [-0.1, -0.05) is 30.3 Å². The molecule has 2 fully saturated rings. The van der Waals surface area contributed by atoms with E-state index in [0.717, 1.165) is 29.7 Å². The molecule has 0 N–H and O–H groups in total. The van der Waals surface area contributed by atoms with Gasteiger partial charge in [0.15, 0.2) is 0 Å². The molecule has 1 unspecified atom stereocenters. The molecule has 1 aliphatic heterocycles. The van der Waals surface area contributed by atoms with Gasteiger partial charge in [0.25, 0.3) is 0 Å². The van der Waals surface area contributed by atoms with E-state index in [0.29, 0.717) is 51.3 Å². The molecule has 1 aliphatic carbocycles. The summed E-state index contributed by atoms with van der Waals surface area (Å²) in [5.41, 5.74) is 1.91. The van der Waals surface area contributed by atoms with E-state index in [9.17, 15) is 14.0 Å². The molecule has 2 amide bonds. The average Bonchev–Trinajstić information content (AvgIpc) is 2.96. The van der Waals surface area contributed by atoms with Crippen molar-refractivity contribution >= 4 is 12.0 Å².